The van der Waals surface area contributed by atoms with Crippen LogP contribution in [0, 0.1) is 11.3 Å². The van der Waals surface area contributed by atoms with Crippen LogP contribution in [0.4, 0.5) is 5.69 Å². The molecule has 0 radical (unpaired) electrons. The molecule has 1 unspecified atom stereocenters. The van der Waals surface area contributed by atoms with Gasteiger partial charge in [0.2, 0.25) is 11.8 Å². The highest BCUT2D eigenvalue weighted by molar-refractivity contribution is 6.32. The van der Waals surface area contributed by atoms with Crippen molar-refractivity contribution in [2.45, 2.75) is 27.2 Å². The van der Waals surface area contributed by atoms with Gasteiger partial charge < -0.3 is 5.11 Å². The van der Waals surface area contributed by atoms with Gasteiger partial charge in [0, 0.05) is 11.4 Å². The summed E-state index contributed by atoms with van der Waals surface area (Å²) in [7, 11) is 0. The molecule has 2 amide bonds. The van der Waals surface area contributed by atoms with Crippen molar-refractivity contribution in [3.05, 3.63) is 28.8 Å². The Morgan fingerprint density at radius 3 is 2.43 bits per heavy atom. The molecule has 112 valence electrons. The zero-order valence-corrected chi connectivity index (χ0v) is 12.8. The van der Waals surface area contributed by atoms with E-state index in [0.717, 1.165) is 4.90 Å². The van der Waals surface area contributed by atoms with Crippen molar-refractivity contribution in [2.24, 2.45) is 11.3 Å². The van der Waals surface area contributed by atoms with E-state index in [1.807, 2.05) is 13.8 Å². The van der Waals surface area contributed by atoms with Gasteiger partial charge in [-0.15, -0.1) is 0 Å². The van der Waals surface area contributed by atoms with E-state index in [1.54, 1.807) is 6.92 Å². The normalized spacial score (nSPS) is 22.2. The Balaban J connectivity index is 2.50. The Kier molecular flexibility index (Phi) is 3.80. The number of nitrogens with zero attached hydrogens (tertiary/aromatic N) is 1. The summed E-state index contributed by atoms with van der Waals surface area (Å²) in [4.78, 5) is 36.9. The van der Waals surface area contributed by atoms with E-state index >= 15 is 0 Å². The molecule has 1 N–H and O–H groups in total. The zero-order valence-electron chi connectivity index (χ0n) is 12.0. The van der Waals surface area contributed by atoms with Gasteiger partial charge in [-0.1, -0.05) is 25.4 Å². The van der Waals surface area contributed by atoms with Crippen LogP contribution in [0.5, 0.6) is 0 Å². The highest BCUT2D eigenvalue weighted by Gasteiger charge is 2.50. The molecule has 6 heteroatoms. The Morgan fingerprint density at radius 2 is 1.95 bits per heavy atom. The van der Waals surface area contributed by atoms with Crippen molar-refractivity contribution >= 4 is 35.1 Å². The number of aromatic carboxylic acids is 1. The second kappa shape index (κ2) is 5.15. The van der Waals surface area contributed by atoms with Crippen molar-refractivity contribution in [1.29, 1.82) is 0 Å². The van der Waals surface area contributed by atoms with Gasteiger partial charge in [-0.2, -0.15) is 0 Å². The fourth-order valence-corrected chi connectivity index (χ4v) is 2.61. The quantitative estimate of drug-likeness (QED) is 0.871. The maximum Gasteiger partial charge on any atom is 0.335 e. The van der Waals surface area contributed by atoms with Gasteiger partial charge in [-0.3, -0.25) is 9.59 Å². The van der Waals surface area contributed by atoms with Gasteiger partial charge in [0.05, 0.1) is 16.7 Å². The molecule has 1 aliphatic rings. The molecule has 0 spiro atoms. The van der Waals surface area contributed by atoms with Gasteiger partial charge in [0.25, 0.3) is 0 Å². The SMILES string of the molecule is CC(C)C1(C)CC(=O)N(c2cc(Cl)cc(C(=O)O)c2)C1=O. The molecule has 1 aromatic carbocycles. The van der Waals surface area contributed by atoms with Crippen LogP contribution in [-0.2, 0) is 9.59 Å². The van der Waals surface area contributed by atoms with E-state index in [0.29, 0.717) is 0 Å². The number of anilines is 1. The van der Waals surface area contributed by atoms with Gasteiger partial charge in [-0.05, 0) is 31.0 Å². The van der Waals surface area contributed by atoms with Crippen LogP contribution < -0.4 is 4.90 Å². The highest BCUT2D eigenvalue weighted by atomic mass is 35.5. The van der Waals surface area contributed by atoms with E-state index < -0.39 is 11.4 Å². The van der Waals surface area contributed by atoms with Crippen LogP contribution in [0.1, 0.15) is 37.6 Å². The lowest BCUT2D eigenvalue weighted by atomic mass is 9.78. The Labute approximate surface area is 127 Å². The lowest BCUT2D eigenvalue weighted by molar-refractivity contribution is -0.126. The van der Waals surface area contributed by atoms with Crippen molar-refractivity contribution in [3.63, 3.8) is 0 Å². The molecular formula is C15H16ClNO4. The second-order valence-electron chi connectivity index (χ2n) is 5.79. The molecule has 21 heavy (non-hydrogen) atoms. The van der Waals surface area contributed by atoms with Crippen molar-refractivity contribution < 1.29 is 19.5 Å². The summed E-state index contributed by atoms with van der Waals surface area (Å²) in [6, 6.07) is 3.99. The summed E-state index contributed by atoms with van der Waals surface area (Å²) in [5.74, 6) is -1.82. The molecular weight excluding hydrogens is 294 g/mol. The zero-order chi connectivity index (χ0) is 15.9. The third-order valence-electron chi connectivity index (χ3n) is 4.12. The summed E-state index contributed by atoms with van der Waals surface area (Å²) in [6.45, 7) is 5.52. The van der Waals surface area contributed by atoms with Gasteiger partial charge >= 0.3 is 5.97 Å². The lowest BCUT2D eigenvalue weighted by Crippen LogP contribution is -2.37. The van der Waals surface area contributed by atoms with E-state index in [-0.39, 0.29) is 40.4 Å². The number of rotatable bonds is 3. The topological polar surface area (TPSA) is 74.7 Å². The number of benzene rings is 1. The number of amides is 2. The molecule has 5 nitrogen and oxygen atoms in total. The molecule has 2 rings (SSSR count). The van der Waals surface area contributed by atoms with Gasteiger partial charge in [-0.25, -0.2) is 9.69 Å². The number of halogens is 1. The van der Waals surface area contributed by atoms with E-state index in [2.05, 4.69) is 0 Å². The maximum atomic E-state index is 12.6. The predicted molar refractivity (Wildman–Crippen MR) is 78.5 cm³/mol. The first-order valence-corrected chi connectivity index (χ1v) is 6.96. The van der Waals surface area contributed by atoms with E-state index in [9.17, 15) is 14.4 Å². The first-order chi connectivity index (χ1) is 9.66. The van der Waals surface area contributed by atoms with Crippen LogP contribution in [-0.4, -0.2) is 22.9 Å². The molecule has 1 aromatic rings. The summed E-state index contributed by atoms with van der Waals surface area (Å²) in [6.07, 6.45) is 0.110. The van der Waals surface area contributed by atoms with Crippen LogP contribution in [0.2, 0.25) is 5.02 Å². The smallest absolute Gasteiger partial charge is 0.335 e. The number of hydrogen-bond donors (Lipinski definition) is 1. The van der Waals surface area contributed by atoms with Gasteiger partial charge in [0.1, 0.15) is 0 Å². The first-order valence-electron chi connectivity index (χ1n) is 6.58. The molecule has 1 atom stereocenters. The first kappa shape index (κ1) is 15.5. The number of imide groups is 1. The largest absolute Gasteiger partial charge is 0.478 e. The molecule has 0 aromatic heterocycles. The van der Waals surface area contributed by atoms with Crippen LogP contribution in [0.3, 0.4) is 0 Å². The highest BCUT2D eigenvalue weighted by Crippen LogP contribution is 2.41. The Hall–Kier alpha value is -1.88. The number of carboxylic acids is 1. The average molecular weight is 310 g/mol. The van der Waals surface area contributed by atoms with Crippen molar-refractivity contribution in [2.75, 3.05) is 4.90 Å². The minimum atomic E-state index is -1.16. The third-order valence-corrected chi connectivity index (χ3v) is 4.34. The minimum Gasteiger partial charge on any atom is -0.478 e. The number of hydrogen-bond acceptors (Lipinski definition) is 3. The Morgan fingerprint density at radius 1 is 1.33 bits per heavy atom. The maximum absolute atomic E-state index is 12.6. The van der Waals surface area contributed by atoms with Crippen LogP contribution >= 0.6 is 11.6 Å². The minimum absolute atomic E-state index is 0.00271. The summed E-state index contributed by atoms with van der Waals surface area (Å²) in [5.41, 5.74) is -0.626. The van der Waals surface area contributed by atoms with Crippen molar-refractivity contribution in [3.8, 4) is 0 Å². The molecule has 1 fully saturated rings. The lowest BCUT2D eigenvalue weighted by Gasteiger charge is -2.26. The van der Waals surface area contributed by atoms with E-state index in [1.165, 1.54) is 18.2 Å². The molecule has 0 saturated carbocycles. The van der Waals surface area contributed by atoms with Crippen LogP contribution in [0.15, 0.2) is 18.2 Å². The van der Waals surface area contributed by atoms with E-state index in [4.69, 9.17) is 16.7 Å². The number of carbonyl (C=O) groups excluding carboxylic acids is 2. The average Bonchev–Trinajstić information content (AvgIpc) is 2.60. The molecule has 1 saturated heterocycles. The molecule has 0 bridgehead atoms. The second-order valence-corrected chi connectivity index (χ2v) is 6.22. The van der Waals surface area contributed by atoms with Crippen molar-refractivity contribution in [1.82, 2.24) is 0 Å². The molecule has 1 heterocycles. The Bertz CT molecular complexity index is 641. The van der Waals surface area contributed by atoms with Crippen LogP contribution in [0.25, 0.3) is 0 Å². The predicted octanol–water partition coefficient (Wildman–Crippen LogP) is 2.96. The third kappa shape index (κ3) is 2.53. The summed E-state index contributed by atoms with van der Waals surface area (Å²) >= 11 is 5.89. The summed E-state index contributed by atoms with van der Waals surface area (Å²) in [5, 5.41) is 9.22. The standard InChI is InChI=1S/C15H16ClNO4/c1-8(2)15(3)7-12(18)17(14(15)21)11-5-9(13(19)20)4-10(16)6-11/h4-6,8H,7H2,1-3H3,(H,19,20). The van der Waals surface area contributed by atoms with Gasteiger partial charge in [0.15, 0.2) is 0 Å². The summed E-state index contributed by atoms with van der Waals surface area (Å²) < 4.78 is 0. The molecule has 0 aliphatic carbocycles. The fraction of sp³-hybridized carbons (Fsp3) is 0.400. The number of carbonyl (C=O) groups is 3. The monoisotopic (exact) mass is 309 g/mol. The molecule has 1 aliphatic heterocycles. The fourth-order valence-electron chi connectivity index (χ4n) is 2.38. The number of carboxylic acid groups (broad SMARTS) is 1.